The van der Waals surface area contributed by atoms with Crippen molar-refractivity contribution in [2.24, 2.45) is 0 Å². The zero-order valence-corrected chi connectivity index (χ0v) is 14.8. The van der Waals surface area contributed by atoms with Crippen LogP contribution in [0, 0.1) is 0 Å². The Kier molecular flexibility index (Phi) is 3.17. The maximum absolute atomic E-state index is 10.9. The minimum atomic E-state index is -0.709. The molecule has 130 valence electrons. The third-order valence-corrected chi connectivity index (χ3v) is 5.57. The van der Waals surface area contributed by atoms with E-state index < -0.39 is 11.1 Å². The molecule has 0 saturated carbocycles. The molecule has 4 rings (SSSR count). The van der Waals surface area contributed by atoms with E-state index in [-0.39, 0.29) is 5.96 Å². The van der Waals surface area contributed by atoms with E-state index in [2.05, 4.69) is 0 Å². The summed E-state index contributed by atoms with van der Waals surface area (Å²) < 4.78 is 7.81. The van der Waals surface area contributed by atoms with Crippen LogP contribution in [0.25, 0.3) is 0 Å². The van der Waals surface area contributed by atoms with Crippen LogP contribution in [0.1, 0.15) is 27.7 Å². The van der Waals surface area contributed by atoms with E-state index in [1.807, 2.05) is 80.8 Å². The first kappa shape index (κ1) is 15.9. The molecule has 0 aromatic heterocycles. The Morgan fingerprint density at radius 3 is 1.60 bits per heavy atom. The van der Waals surface area contributed by atoms with Crippen LogP contribution in [0.15, 0.2) is 48.5 Å². The predicted molar refractivity (Wildman–Crippen MR) is 94.8 cm³/mol. The van der Waals surface area contributed by atoms with Crippen LogP contribution in [-0.4, -0.2) is 37.6 Å². The van der Waals surface area contributed by atoms with Gasteiger partial charge in [0.1, 0.15) is 0 Å². The molecule has 0 amide bonds. The van der Waals surface area contributed by atoms with E-state index in [9.17, 15) is 10.4 Å². The third-order valence-electron chi connectivity index (χ3n) is 5.57. The minimum absolute atomic E-state index is 0.276. The maximum Gasteiger partial charge on any atom is 0.418 e. The van der Waals surface area contributed by atoms with Gasteiger partial charge in [-0.1, -0.05) is 24.3 Å². The Morgan fingerprint density at radius 1 is 0.760 bits per heavy atom. The van der Waals surface area contributed by atoms with Gasteiger partial charge in [0, 0.05) is 0 Å². The summed E-state index contributed by atoms with van der Waals surface area (Å²) >= 11 is 0. The Balaban J connectivity index is 2.07. The summed E-state index contributed by atoms with van der Waals surface area (Å²) in [6.07, 6.45) is 0. The molecule has 2 aromatic rings. The Labute approximate surface area is 146 Å². The standard InChI is InChI=1S/C19H22N3O3/c1-18(2)19(3,4)22(24)17(21(18)23)20-13-9-5-7-11-15(13)25-16-12-8-6-10-14(16)20/h5-12,23-24H,1-4H3/q+1. The fourth-order valence-electron chi connectivity index (χ4n) is 3.22. The molecule has 2 aliphatic heterocycles. The first-order valence-corrected chi connectivity index (χ1v) is 8.28. The summed E-state index contributed by atoms with van der Waals surface area (Å²) in [5, 5.41) is 24.1. The number of ether oxygens (including phenoxy) is 1. The third kappa shape index (κ3) is 1.95. The SMILES string of the molecule is CC1(C)N(O)C(=[N+]2c3ccccc3Oc3ccccc32)N(O)C1(C)C. The van der Waals surface area contributed by atoms with Crippen molar-refractivity contribution >= 4 is 17.3 Å². The van der Waals surface area contributed by atoms with Crippen molar-refractivity contribution in [1.29, 1.82) is 0 Å². The molecule has 0 spiro atoms. The summed E-state index contributed by atoms with van der Waals surface area (Å²) in [4.78, 5) is 0. The van der Waals surface area contributed by atoms with Gasteiger partial charge in [-0.05, 0) is 52.0 Å². The summed E-state index contributed by atoms with van der Waals surface area (Å²) in [5.74, 6) is 1.61. The van der Waals surface area contributed by atoms with Crippen molar-refractivity contribution in [3.63, 3.8) is 0 Å². The molecule has 0 atom stereocenters. The Hall–Kier alpha value is -2.57. The van der Waals surface area contributed by atoms with Gasteiger partial charge in [0.2, 0.25) is 0 Å². The number of para-hydroxylation sites is 4. The van der Waals surface area contributed by atoms with Crippen molar-refractivity contribution in [2.75, 3.05) is 0 Å². The van der Waals surface area contributed by atoms with E-state index in [0.29, 0.717) is 11.5 Å². The molecule has 2 N–H and O–H groups in total. The van der Waals surface area contributed by atoms with Crippen LogP contribution in [0.4, 0.5) is 11.4 Å². The van der Waals surface area contributed by atoms with Gasteiger partial charge in [-0.3, -0.25) is 0 Å². The molecular weight excluding hydrogens is 318 g/mol. The molecule has 6 heteroatoms. The number of hydrogen-bond acceptors (Lipinski definition) is 3. The van der Waals surface area contributed by atoms with E-state index in [0.717, 1.165) is 21.5 Å². The summed E-state index contributed by atoms with van der Waals surface area (Å²) in [5.41, 5.74) is 0.0871. The molecule has 0 unspecified atom stereocenters. The summed E-state index contributed by atoms with van der Waals surface area (Å²) in [6, 6.07) is 15.1. The number of benzene rings is 2. The molecule has 2 aliphatic rings. The lowest BCUT2D eigenvalue weighted by molar-refractivity contribution is -0.125. The van der Waals surface area contributed by atoms with E-state index in [1.165, 1.54) is 0 Å². The average molecular weight is 340 g/mol. The lowest BCUT2D eigenvalue weighted by atomic mass is 9.84. The minimum Gasteiger partial charge on any atom is -0.450 e. The first-order chi connectivity index (χ1) is 11.8. The topological polar surface area (TPSA) is 59.2 Å². The quantitative estimate of drug-likeness (QED) is 0.607. The monoisotopic (exact) mass is 340 g/mol. The van der Waals surface area contributed by atoms with Crippen molar-refractivity contribution < 1.29 is 15.2 Å². The van der Waals surface area contributed by atoms with Gasteiger partial charge in [0.15, 0.2) is 34.0 Å². The molecule has 2 aromatic carbocycles. The lowest BCUT2D eigenvalue weighted by Crippen LogP contribution is -2.52. The number of nitrogens with zero attached hydrogens (tertiary/aromatic N) is 3. The maximum atomic E-state index is 10.9. The Bertz CT molecular complexity index is 819. The van der Waals surface area contributed by atoms with Crippen LogP contribution < -0.4 is 9.31 Å². The molecule has 2 heterocycles. The molecule has 1 saturated heterocycles. The van der Waals surface area contributed by atoms with Gasteiger partial charge < -0.3 is 4.74 Å². The molecule has 25 heavy (non-hydrogen) atoms. The van der Waals surface area contributed by atoms with Gasteiger partial charge in [0.05, 0.1) is 0 Å². The molecule has 0 bridgehead atoms. The second kappa shape index (κ2) is 4.97. The van der Waals surface area contributed by atoms with Crippen molar-refractivity contribution in [3.8, 4) is 11.5 Å². The van der Waals surface area contributed by atoms with Crippen LogP contribution in [-0.2, 0) is 0 Å². The van der Waals surface area contributed by atoms with Crippen LogP contribution in [0.5, 0.6) is 11.5 Å². The molecule has 6 nitrogen and oxygen atoms in total. The van der Waals surface area contributed by atoms with E-state index >= 15 is 0 Å². The zero-order valence-electron chi connectivity index (χ0n) is 14.8. The molecule has 0 aliphatic carbocycles. The zero-order chi connectivity index (χ0) is 18.0. The van der Waals surface area contributed by atoms with Crippen LogP contribution >= 0.6 is 0 Å². The largest absolute Gasteiger partial charge is 0.450 e. The summed E-state index contributed by atoms with van der Waals surface area (Å²) in [6.45, 7) is 7.56. The second-order valence-electron chi connectivity index (χ2n) is 7.41. The molecule has 1 fully saturated rings. The fourth-order valence-corrected chi connectivity index (χ4v) is 3.22. The van der Waals surface area contributed by atoms with E-state index in [1.54, 1.807) is 0 Å². The normalized spacial score (nSPS) is 20.2. The molecular formula is C19H22N3O3+. The highest BCUT2D eigenvalue weighted by Gasteiger charge is 2.65. The highest BCUT2D eigenvalue weighted by atomic mass is 16.6. The highest BCUT2D eigenvalue weighted by Crippen LogP contribution is 2.46. The van der Waals surface area contributed by atoms with Crippen LogP contribution in [0.3, 0.4) is 0 Å². The number of guanidine groups is 1. The van der Waals surface area contributed by atoms with Crippen molar-refractivity contribution in [3.05, 3.63) is 48.5 Å². The number of hydroxylamine groups is 4. The van der Waals surface area contributed by atoms with E-state index in [4.69, 9.17) is 4.74 Å². The highest BCUT2D eigenvalue weighted by molar-refractivity contribution is 5.91. The van der Waals surface area contributed by atoms with Gasteiger partial charge in [-0.15, -0.1) is 10.1 Å². The smallest absolute Gasteiger partial charge is 0.418 e. The van der Waals surface area contributed by atoms with Crippen LogP contribution in [0.2, 0.25) is 0 Å². The predicted octanol–water partition coefficient (Wildman–Crippen LogP) is 3.94. The lowest BCUT2D eigenvalue weighted by Gasteiger charge is -2.31. The first-order valence-electron chi connectivity index (χ1n) is 8.28. The fraction of sp³-hybridized carbons (Fsp3) is 0.316. The summed E-state index contributed by atoms with van der Waals surface area (Å²) in [7, 11) is 0. The second-order valence-corrected chi connectivity index (χ2v) is 7.41. The van der Waals surface area contributed by atoms with Crippen molar-refractivity contribution in [2.45, 2.75) is 38.8 Å². The van der Waals surface area contributed by atoms with Gasteiger partial charge in [-0.25, -0.2) is 10.4 Å². The number of rotatable bonds is 0. The van der Waals surface area contributed by atoms with Crippen molar-refractivity contribution in [1.82, 2.24) is 14.7 Å². The average Bonchev–Trinajstić information content (AvgIpc) is 2.71. The van der Waals surface area contributed by atoms with Gasteiger partial charge in [0.25, 0.3) is 0 Å². The number of hydrogen-bond donors (Lipinski definition) is 2. The van der Waals surface area contributed by atoms with Gasteiger partial charge >= 0.3 is 5.96 Å². The number of fused-ring (bicyclic) bond motifs is 2. The van der Waals surface area contributed by atoms with Gasteiger partial charge in [-0.2, -0.15) is 4.58 Å². The molecule has 0 radical (unpaired) electrons. The Morgan fingerprint density at radius 2 is 1.16 bits per heavy atom.